The molecule has 3 nitrogen and oxygen atoms in total. The van der Waals surface area contributed by atoms with Crippen molar-refractivity contribution < 1.29 is 14.3 Å². The van der Waals surface area contributed by atoms with Crippen LogP contribution >= 0.6 is 0 Å². The van der Waals surface area contributed by atoms with Crippen molar-refractivity contribution in [3.63, 3.8) is 0 Å². The second kappa shape index (κ2) is 5.74. The Labute approximate surface area is 113 Å². The summed E-state index contributed by atoms with van der Waals surface area (Å²) in [6.07, 6.45) is 6.53. The zero-order valence-electron chi connectivity index (χ0n) is 11.1. The summed E-state index contributed by atoms with van der Waals surface area (Å²) >= 11 is 0. The largest absolute Gasteiger partial charge is 0.490 e. The molecule has 1 saturated heterocycles. The van der Waals surface area contributed by atoms with Gasteiger partial charge in [0.1, 0.15) is 5.75 Å². The minimum absolute atomic E-state index is 0.106. The highest BCUT2D eigenvalue weighted by Crippen LogP contribution is 2.27. The van der Waals surface area contributed by atoms with Gasteiger partial charge in [0.15, 0.2) is 5.78 Å². The van der Waals surface area contributed by atoms with Crippen molar-refractivity contribution in [2.24, 2.45) is 0 Å². The Hall–Kier alpha value is -1.35. The minimum Gasteiger partial charge on any atom is -0.490 e. The van der Waals surface area contributed by atoms with Crippen LogP contribution < -0.4 is 4.74 Å². The zero-order chi connectivity index (χ0) is 13.1. The standard InChI is InChI=1S/C16H20O3/c17-16(11-14-5-1-2-9-18-14)12-4-3-6-15(10-12)19-13-7-8-13/h3-4,6,10,13-14H,1-2,5,7-9,11H2. The van der Waals surface area contributed by atoms with Gasteiger partial charge in [-0.2, -0.15) is 0 Å². The maximum absolute atomic E-state index is 12.2. The number of ether oxygens (including phenoxy) is 2. The average molecular weight is 260 g/mol. The molecule has 2 fully saturated rings. The first kappa shape index (κ1) is 12.7. The molecule has 0 spiro atoms. The van der Waals surface area contributed by atoms with E-state index in [0.717, 1.165) is 43.6 Å². The summed E-state index contributed by atoms with van der Waals surface area (Å²) < 4.78 is 11.3. The van der Waals surface area contributed by atoms with E-state index in [2.05, 4.69) is 0 Å². The van der Waals surface area contributed by atoms with Crippen LogP contribution in [0.1, 0.15) is 48.9 Å². The molecule has 0 radical (unpaired) electrons. The number of ketones is 1. The Morgan fingerprint density at radius 2 is 2.16 bits per heavy atom. The SMILES string of the molecule is O=C(CC1CCCCO1)c1cccc(OC2CC2)c1. The zero-order valence-corrected chi connectivity index (χ0v) is 11.1. The lowest BCUT2D eigenvalue weighted by molar-refractivity contribution is 0.0129. The highest BCUT2D eigenvalue weighted by atomic mass is 16.5. The Morgan fingerprint density at radius 3 is 2.89 bits per heavy atom. The Morgan fingerprint density at radius 1 is 1.26 bits per heavy atom. The molecule has 1 unspecified atom stereocenters. The van der Waals surface area contributed by atoms with E-state index in [4.69, 9.17) is 9.47 Å². The van der Waals surface area contributed by atoms with Crippen LogP contribution in [0.3, 0.4) is 0 Å². The first-order valence-corrected chi connectivity index (χ1v) is 7.23. The van der Waals surface area contributed by atoms with Gasteiger partial charge in [-0.05, 0) is 44.2 Å². The molecule has 0 amide bonds. The van der Waals surface area contributed by atoms with Gasteiger partial charge in [0.25, 0.3) is 0 Å². The maximum Gasteiger partial charge on any atom is 0.165 e. The lowest BCUT2D eigenvalue weighted by Crippen LogP contribution is -2.22. The molecule has 0 bridgehead atoms. The minimum atomic E-state index is 0.106. The van der Waals surface area contributed by atoms with Crippen molar-refractivity contribution in [2.45, 2.75) is 50.7 Å². The quantitative estimate of drug-likeness (QED) is 0.761. The van der Waals surface area contributed by atoms with E-state index in [1.807, 2.05) is 24.3 Å². The molecule has 1 aliphatic heterocycles. The van der Waals surface area contributed by atoms with Gasteiger partial charge in [-0.3, -0.25) is 4.79 Å². The summed E-state index contributed by atoms with van der Waals surface area (Å²) in [6.45, 7) is 0.794. The van der Waals surface area contributed by atoms with Gasteiger partial charge in [0.05, 0.1) is 12.2 Å². The van der Waals surface area contributed by atoms with Crippen LogP contribution in [0.2, 0.25) is 0 Å². The highest BCUT2D eigenvalue weighted by Gasteiger charge is 2.24. The highest BCUT2D eigenvalue weighted by molar-refractivity contribution is 5.96. The molecule has 3 rings (SSSR count). The molecule has 1 aliphatic carbocycles. The van der Waals surface area contributed by atoms with Gasteiger partial charge in [0.2, 0.25) is 0 Å². The molecule has 1 aromatic carbocycles. The van der Waals surface area contributed by atoms with E-state index in [9.17, 15) is 4.79 Å². The molecular formula is C16H20O3. The van der Waals surface area contributed by atoms with Crippen LogP contribution in [0.4, 0.5) is 0 Å². The molecule has 19 heavy (non-hydrogen) atoms. The number of Topliss-reactive ketones (excluding diaryl/α,β-unsaturated/α-hetero) is 1. The predicted molar refractivity (Wildman–Crippen MR) is 72.6 cm³/mol. The van der Waals surface area contributed by atoms with Crippen LogP contribution in [0.15, 0.2) is 24.3 Å². The van der Waals surface area contributed by atoms with Gasteiger partial charge in [-0.25, -0.2) is 0 Å². The van der Waals surface area contributed by atoms with Crippen molar-refractivity contribution in [2.75, 3.05) is 6.61 Å². The van der Waals surface area contributed by atoms with Crippen molar-refractivity contribution in [3.05, 3.63) is 29.8 Å². The van der Waals surface area contributed by atoms with Crippen LogP contribution in [0.5, 0.6) is 5.75 Å². The third kappa shape index (κ3) is 3.57. The topological polar surface area (TPSA) is 35.5 Å². The average Bonchev–Trinajstić information content (AvgIpc) is 3.24. The van der Waals surface area contributed by atoms with Crippen LogP contribution in [-0.4, -0.2) is 24.6 Å². The molecular weight excluding hydrogens is 240 g/mol. The van der Waals surface area contributed by atoms with Crippen molar-refractivity contribution >= 4 is 5.78 Å². The first-order chi connectivity index (χ1) is 9.31. The Balaban J connectivity index is 1.61. The fourth-order valence-electron chi connectivity index (χ4n) is 2.41. The Bertz CT molecular complexity index is 445. The van der Waals surface area contributed by atoms with Crippen LogP contribution in [0.25, 0.3) is 0 Å². The maximum atomic E-state index is 12.2. The second-order valence-electron chi connectivity index (χ2n) is 5.46. The van der Waals surface area contributed by atoms with Crippen LogP contribution in [-0.2, 0) is 4.74 Å². The summed E-state index contributed by atoms with van der Waals surface area (Å²) in [5, 5.41) is 0. The van der Waals surface area contributed by atoms with E-state index in [0.29, 0.717) is 12.5 Å². The number of hydrogen-bond donors (Lipinski definition) is 0. The monoisotopic (exact) mass is 260 g/mol. The fraction of sp³-hybridized carbons (Fsp3) is 0.562. The lowest BCUT2D eigenvalue weighted by Gasteiger charge is -2.21. The summed E-state index contributed by atoms with van der Waals surface area (Å²) in [4.78, 5) is 12.2. The summed E-state index contributed by atoms with van der Waals surface area (Å²) in [5.41, 5.74) is 0.743. The lowest BCUT2D eigenvalue weighted by atomic mass is 10.00. The summed E-state index contributed by atoms with van der Waals surface area (Å²) in [5.74, 6) is 0.978. The molecule has 1 heterocycles. The van der Waals surface area contributed by atoms with E-state index in [1.54, 1.807) is 0 Å². The second-order valence-corrected chi connectivity index (χ2v) is 5.46. The summed E-state index contributed by atoms with van der Waals surface area (Å²) in [6, 6.07) is 7.55. The number of carbonyl (C=O) groups is 1. The number of carbonyl (C=O) groups excluding carboxylic acids is 1. The molecule has 2 aliphatic rings. The third-order valence-corrected chi connectivity index (χ3v) is 3.67. The predicted octanol–water partition coefficient (Wildman–Crippen LogP) is 3.37. The first-order valence-electron chi connectivity index (χ1n) is 7.23. The number of benzene rings is 1. The third-order valence-electron chi connectivity index (χ3n) is 3.67. The van der Waals surface area contributed by atoms with Gasteiger partial charge in [-0.1, -0.05) is 12.1 Å². The van der Waals surface area contributed by atoms with E-state index in [-0.39, 0.29) is 11.9 Å². The van der Waals surface area contributed by atoms with Crippen molar-refractivity contribution in [1.82, 2.24) is 0 Å². The number of rotatable bonds is 5. The van der Waals surface area contributed by atoms with Crippen molar-refractivity contribution in [3.8, 4) is 5.75 Å². The van der Waals surface area contributed by atoms with E-state index >= 15 is 0 Å². The Kier molecular flexibility index (Phi) is 3.83. The van der Waals surface area contributed by atoms with E-state index < -0.39 is 0 Å². The molecule has 1 saturated carbocycles. The molecule has 1 aromatic rings. The normalized spacial score (nSPS) is 23.1. The van der Waals surface area contributed by atoms with Gasteiger partial charge in [-0.15, -0.1) is 0 Å². The van der Waals surface area contributed by atoms with Gasteiger partial charge >= 0.3 is 0 Å². The molecule has 0 aromatic heterocycles. The molecule has 3 heteroatoms. The van der Waals surface area contributed by atoms with E-state index in [1.165, 1.54) is 6.42 Å². The fourth-order valence-corrected chi connectivity index (χ4v) is 2.41. The summed E-state index contributed by atoms with van der Waals surface area (Å²) in [7, 11) is 0. The molecule has 1 atom stereocenters. The smallest absolute Gasteiger partial charge is 0.165 e. The molecule has 0 N–H and O–H groups in total. The van der Waals surface area contributed by atoms with Crippen molar-refractivity contribution in [1.29, 1.82) is 0 Å². The number of hydrogen-bond acceptors (Lipinski definition) is 3. The van der Waals surface area contributed by atoms with Crippen LogP contribution in [0, 0.1) is 0 Å². The van der Waals surface area contributed by atoms with Gasteiger partial charge in [0, 0.05) is 18.6 Å². The van der Waals surface area contributed by atoms with Gasteiger partial charge < -0.3 is 9.47 Å². The molecule has 102 valence electrons.